The molecule has 0 heterocycles. The fourth-order valence-corrected chi connectivity index (χ4v) is 3.66. The maximum Gasteiger partial charge on any atom is 0.338 e. The van der Waals surface area contributed by atoms with Gasteiger partial charge in [0.1, 0.15) is 0 Å². The topological polar surface area (TPSA) is 60.4 Å². The summed E-state index contributed by atoms with van der Waals surface area (Å²) in [5, 5.41) is 0. The van der Waals surface area contributed by atoms with Crippen molar-refractivity contribution in [3.8, 4) is 0 Å². The van der Waals surface area contributed by atoms with E-state index in [1.807, 2.05) is 0 Å². The molecule has 0 aromatic heterocycles. The molecule has 0 bridgehead atoms. The van der Waals surface area contributed by atoms with Gasteiger partial charge in [0.25, 0.3) is 9.05 Å². The van der Waals surface area contributed by atoms with Gasteiger partial charge in [-0.25, -0.2) is 13.2 Å². The third kappa shape index (κ3) is 3.98. The Labute approximate surface area is 129 Å². The summed E-state index contributed by atoms with van der Waals surface area (Å²) in [7, 11) is 1.53. The molecule has 0 unspecified atom stereocenters. The van der Waals surface area contributed by atoms with Crippen molar-refractivity contribution in [2.45, 2.75) is 44.4 Å². The lowest BCUT2D eigenvalue weighted by molar-refractivity contribution is 0.0464. The van der Waals surface area contributed by atoms with Gasteiger partial charge in [-0.3, -0.25) is 0 Å². The van der Waals surface area contributed by atoms with Crippen LogP contribution in [0.25, 0.3) is 0 Å². The van der Waals surface area contributed by atoms with Crippen LogP contribution in [0.15, 0.2) is 17.0 Å². The van der Waals surface area contributed by atoms with Crippen LogP contribution >= 0.6 is 10.7 Å². The minimum Gasteiger partial charge on any atom is -0.462 e. The monoisotopic (exact) mass is 330 g/mol. The highest BCUT2D eigenvalue weighted by atomic mass is 35.7. The largest absolute Gasteiger partial charge is 0.462 e. The molecule has 1 fully saturated rings. The number of carbonyl (C=O) groups is 1. The van der Waals surface area contributed by atoms with Gasteiger partial charge in [-0.1, -0.05) is 19.3 Å². The van der Waals surface area contributed by atoms with E-state index < -0.39 is 15.0 Å². The van der Waals surface area contributed by atoms with Crippen molar-refractivity contribution in [3.05, 3.63) is 28.8 Å². The second-order valence-electron chi connectivity index (χ2n) is 5.58. The summed E-state index contributed by atoms with van der Waals surface area (Å²) >= 11 is 0. The SMILES string of the molecule is Cc1cc(C(=O)OCCC2CCC2)cc(S(=O)(=O)Cl)c1C. The molecule has 6 heteroatoms. The Kier molecular flexibility index (Phi) is 4.94. The first-order valence-corrected chi connectivity index (χ1v) is 9.33. The van der Waals surface area contributed by atoms with Crippen LogP contribution in [-0.2, 0) is 13.8 Å². The van der Waals surface area contributed by atoms with Crippen molar-refractivity contribution < 1.29 is 17.9 Å². The molecule has 0 saturated heterocycles. The number of hydrogen-bond donors (Lipinski definition) is 0. The molecule has 1 aliphatic rings. The number of halogens is 1. The van der Waals surface area contributed by atoms with Crippen molar-refractivity contribution in [3.63, 3.8) is 0 Å². The van der Waals surface area contributed by atoms with E-state index in [9.17, 15) is 13.2 Å². The highest BCUT2D eigenvalue weighted by Crippen LogP contribution is 2.29. The maximum absolute atomic E-state index is 12.0. The van der Waals surface area contributed by atoms with Gasteiger partial charge >= 0.3 is 5.97 Å². The molecule has 1 aromatic carbocycles. The van der Waals surface area contributed by atoms with Crippen LogP contribution in [0.2, 0.25) is 0 Å². The van der Waals surface area contributed by atoms with Crippen LogP contribution in [-0.4, -0.2) is 21.0 Å². The summed E-state index contributed by atoms with van der Waals surface area (Å²) in [6, 6.07) is 2.92. The van der Waals surface area contributed by atoms with Gasteiger partial charge in [-0.2, -0.15) is 0 Å². The van der Waals surface area contributed by atoms with Crippen molar-refractivity contribution in [2.75, 3.05) is 6.61 Å². The van der Waals surface area contributed by atoms with Gasteiger partial charge in [0, 0.05) is 10.7 Å². The number of ether oxygens (including phenoxy) is 1. The molecule has 21 heavy (non-hydrogen) atoms. The molecule has 0 amide bonds. The van der Waals surface area contributed by atoms with Crippen LogP contribution in [0.4, 0.5) is 0 Å². The lowest BCUT2D eigenvalue weighted by Gasteiger charge is -2.24. The zero-order valence-electron chi connectivity index (χ0n) is 12.2. The average Bonchev–Trinajstić information content (AvgIpc) is 2.33. The van der Waals surface area contributed by atoms with E-state index in [1.165, 1.54) is 25.3 Å². The van der Waals surface area contributed by atoms with Crippen molar-refractivity contribution >= 4 is 25.7 Å². The predicted octanol–water partition coefficient (Wildman–Crippen LogP) is 3.58. The van der Waals surface area contributed by atoms with E-state index >= 15 is 0 Å². The lowest BCUT2D eigenvalue weighted by Crippen LogP contribution is -2.16. The number of aryl methyl sites for hydroxylation is 1. The van der Waals surface area contributed by atoms with Gasteiger partial charge in [0.05, 0.1) is 17.1 Å². The van der Waals surface area contributed by atoms with Gasteiger partial charge in [0.2, 0.25) is 0 Å². The molecular weight excluding hydrogens is 312 g/mol. The molecule has 4 nitrogen and oxygen atoms in total. The van der Waals surface area contributed by atoms with Crippen molar-refractivity contribution in [2.24, 2.45) is 5.92 Å². The van der Waals surface area contributed by atoms with E-state index in [-0.39, 0.29) is 10.5 Å². The minimum atomic E-state index is -3.88. The Morgan fingerprint density at radius 1 is 1.33 bits per heavy atom. The van der Waals surface area contributed by atoms with Crippen molar-refractivity contribution in [1.82, 2.24) is 0 Å². The van der Waals surface area contributed by atoms with E-state index in [2.05, 4.69) is 0 Å². The van der Waals surface area contributed by atoms with Gasteiger partial charge < -0.3 is 4.74 Å². The lowest BCUT2D eigenvalue weighted by atomic mass is 9.83. The summed E-state index contributed by atoms with van der Waals surface area (Å²) in [5.74, 6) is 0.162. The Balaban J connectivity index is 2.11. The second-order valence-corrected chi connectivity index (χ2v) is 8.11. The number of carbonyl (C=O) groups excluding carboxylic acids is 1. The number of benzene rings is 1. The standard InChI is InChI=1S/C15H19ClO4S/c1-10-8-13(9-14(11(10)2)21(16,18)19)15(17)20-7-6-12-4-3-5-12/h8-9,12H,3-7H2,1-2H3. The minimum absolute atomic E-state index is 0.0323. The zero-order chi connectivity index (χ0) is 15.6. The summed E-state index contributed by atoms with van der Waals surface area (Å²) < 4.78 is 28.3. The van der Waals surface area contributed by atoms with Crippen LogP contribution in [0, 0.1) is 19.8 Å². The summed E-state index contributed by atoms with van der Waals surface area (Å²) in [4.78, 5) is 12.0. The Hall–Kier alpha value is -1.07. The molecule has 116 valence electrons. The number of hydrogen-bond acceptors (Lipinski definition) is 4. The smallest absolute Gasteiger partial charge is 0.338 e. The van der Waals surface area contributed by atoms with Gasteiger partial charge in [-0.05, 0) is 49.4 Å². The highest BCUT2D eigenvalue weighted by Gasteiger charge is 2.20. The van der Waals surface area contributed by atoms with Gasteiger partial charge in [0.15, 0.2) is 0 Å². The second kappa shape index (κ2) is 6.36. The Bertz CT molecular complexity index is 648. The average molecular weight is 331 g/mol. The van der Waals surface area contributed by atoms with Crippen LogP contribution in [0.5, 0.6) is 0 Å². The fourth-order valence-electron chi connectivity index (χ4n) is 2.38. The molecule has 0 atom stereocenters. The molecule has 0 N–H and O–H groups in total. The van der Waals surface area contributed by atoms with Crippen LogP contribution in [0.1, 0.15) is 47.2 Å². The highest BCUT2D eigenvalue weighted by molar-refractivity contribution is 8.13. The summed E-state index contributed by atoms with van der Waals surface area (Å²) in [6.45, 7) is 3.78. The predicted molar refractivity (Wildman–Crippen MR) is 81.2 cm³/mol. The first-order valence-electron chi connectivity index (χ1n) is 7.02. The zero-order valence-corrected chi connectivity index (χ0v) is 13.8. The Morgan fingerprint density at radius 3 is 2.52 bits per heavy atom. The quantitative estimate of drug-likeness (QED) is 0.611. The summed E-state index contributed by atoms with van der Waals surface area (Å²) in [6.07, 6.45) is 4.54. The molecule has 1 aliphatic carbocycles. The number of esters is 1. The molecule has 1 aromatic rings. The third-order valence-electron chi connectivity index (χ3n) is 4.10. The molecule has 1 saturated carbocycles. The van der Waals surface area contributed by atoms with E-state index in [0.717, 1.165) is 6.42 Å². The fraction of sp³-hybridized carbons (Fsp3) is 0.533. The number of rotatable bonds is 5. The van der Waals surface area contributed by atoms with E-state index in [0.29, 0.717) is 23.7 Å². The molecule has 0 radical (unpaired) electrons. The van der Waals surface area contributed by atoms with E-state index in [1.54, 1.807) is 19.9 Å². The van der Waals surface area contributed by atoms with Crippen LogP contribution < -0.4 is 0 Å². The van der Waals surface area contributed by atoms with Crippen molar-refractivity contribution in [1.29, 1.82) is 0 Å². The normalized spacial score (nSPS) is 15.6. The third-order valence-corrected chi connectivity index (χ3v) is 5.55. The summed E-state index contributed by atoms with van der Waals surface area (Å²) in [5.41, 5.74) is 1.48. The molecule has 0 spiro atoms. The van der Waals surface area contributed by atoms with Crippen LogP contribution in [0.3, 0.4) is 0 Å². The molecule has 2 rings (SSSR count). The first kappa shape index (κ1) is 16.3. The van der Waals surface area contributed by atoms with Gasteiger partial charge in [-0.15, -0.1) is 0 Å². The maximum atomic E-state index is 12.0. The molecule has 0 aliphatic heterocycles. The van der Waals surface area contributed by atoms with E-state index in [4.69, 9.17) is 15.4 Å². The molecular formula is C15H19ClO4S. The Morgan fingerprint density at radius 2 is 2.00 bits per heavy atom. The first-order chi connectivity index (χ1) is 9.79.